The molecule has 6 heteroatoms. The van der Waals surface area contributed by atoms with Gasteiger partial charge in [0, 0.05) is 30.8 Å². The molecule has 1 aliphatic heterocycles. The molecule has 6 nitrogen and oxygen atoms in total. The molecule has 2 unspecified atom stereocenters. The van der Waals surface area contributed by atoms with Gasteiger partial charge in [0.15, 0.2) is 0 Å². The molecule has 0 aromatic heterocycles. The highest BCUT2D eigenvalue weighted by molar-refractivity contribution is 6.03. The van der Waals surface area contributed by atoms with Crippen molar-refractivity contribution in [3.05, 3.63) is 95.6 Å². The largest absolute Gasteiger partial charge is 0.397 e. The number of anilines is 3. The van der Waals surface area contributed by atoms with Crippen LogP contribution in [0.2, 0.25) is 0 Å². The van der Waals surface area contributed by atoms with Crippen molar-refractivity contribution in [3.8, 4) is 0 Å². The summed E-state index contributed by atoms with van der Waals surface area (Å²) in [6, 6.07) is 23.1. The Hall–Kier alpha value is -3.90. The average Bonchev–Trinajstić information content (AvgIpc) is 3.21. The summed E-state index contributed by atoms with van der Waals surface area (Å²) in [5, 5.41) is 5.87. The summed E-state index contributed by atoms with van der Waals surface area (Å²) in [5.41, 5.74) is 11.0. The van der Waals surface area contributed by atoms with Gasteiger partial charge in [-0.15, -0.1) is 0 Å². The van der Waals surface area contributed by atoms with Gasteiger partial charge in [-0.1, -0.05) is 48.5 Å². The number of aryl methyl sites for hydroxylation is 1. The maximum Gasteiger partial charge on any atom is 0.248 e. The number of carbonyl (C=O) groups is 2. The van der Waals surface area contributed by atoms with E-state index in [2.05, 4.69) is 15.5 Å². The van der Waals surface area contributed by atoms with Crippen LogP contribution >= 0.6 is 0 Å². The van der Waals surface area contributed by atoms with Gasteiger partial charge in [-0.05, 0) is 61.0 Å². The maximum absolute atomic E-state index is 13.1. The molecule has 2 atom stereocenters. The zero-order chi connectivity index (χ0) is 24.1. The molecule has 0 bridgehead atoms. The van der Waals surface area contributed by atoms with Gasteiger partial charge in [-0.3, -0.25) is 9.59 Å². The normalized spacial score (nSPS) is 18.2. The lowest BCUT2D eigenvalue weighted by molar-refractivity contribution is -0.119. The summed E-state index contributed by atoms with van der Waals surface area (Å²) in [6.07, 6.45) is 3.25. The molecule has 1 fully saturated rings. The Morgan fingerprint density at radius 3 is 2.47 bits per heavy atom. The van der Waals surface area contributed by atoms with Crippen molar-refractivity contribution in [2.24, 2.45) is 5.92 Å². The van der Waals surface area contributed by atoms with Crippen molar-refractivity contribution in [3.63, 3.8) is 0 Å². The van der Waals surface area contributed by atoms with Crippen LogP contribution in [0.3, 0.4) is 0 Å². The highest BCUT2D eigenvalue weighted by atomic mass is 16.2. The van der Waals surface area contributed by atoms with Gasteiger partial charge in [0.25, 0.3) is 0 Å². The minimum Gasteiger partial charge on any atom is -0.397 e. The third-order valence-corrected chi connectivity index (χ3v) is 6.14. The molecule has 1 saturated heterocycles. The third-order valence-electron chi connectivity index (χ3n) is 6.14. The number of rotatable bonds is 6. The van der Waals surface area contributed by atoms with Crippen molar-refractivity contribution < 1.29 is 9.59 Å². The fraction of sp³-hybridized carbons (Fsp3) is 0.214. The van der Waals surface area contributed by atoms with Gasteiger partial charge in [-0.2, -0.15) is 0 Å². The summed E-state index contributed by atoms with van der Waals surface area (Å²) in [4.78, 5) is 27.5. The van der Waals surface area contributed by atoms with Gasteiger partial charge in [0.05, 0.1) is 17.3 Å². The van der Waals surface area contributed by atoms with Crippen LogP contribution in [0.1, 0.15) is 22.6 Å². The van der Waals surface area contributed by atoms with E-state index in [0.29, 0.717) is 17.9 Å². The fourth-order valence-electron chi connectivity index (χ4n) is 4.37. The van der Waals surface area contributed by atoms with E-state index in [1.807, 2.05) is 74.6 Å². The average molecular weight is 455 g/mol. The SMILES string of the molecule is Cc1cccc(NC(=O)C2CN(C)CC2c2ccc(C=CC(=O)Nc3ccccc3N)cc2)c1. The molecule has 3 aromatic rings. The molecule has 3 aromatic carbocycles. The van der Waals surface area contributed by atoms with E-state index >= 15 is 0 Å². The van der Waals surface area contributed by atoms with Crippen molar-refractivity contribution in [2.45, 2.75) is 12.8 Å². The van der Waals surface area contributed by atoms with E-state index in [9.17, 15) is 9.59 Å². The molecule has 1 heterocycles. The van der Waals surface area contributed by atoms with E-state index in [1.54, 1.807) is 18.2 Å². The second-order valence-electron chi connectivity index (χ2n) is 8.87. The highest BCUT2D eigenvalue weighted by Crippen LogP contribution is 2.33. The number of para-hydroxylation sites is 2. The first-order valence-corrected chi connectivity index (χ1v) is 11.4. The van der Waals surface area contributed by atoms with Crippen molar-refractivity contribution in [2.75, 3.05) is 36.5 Å². The predicted octanol–water partition coefficient (Wildman–Crippen LogP) is 4.51. The second-order valence-corrected chi connectivity index (χ2v) is 8.87. The number of likely N-dealkylation sites (N-methyl/N-ethyl adjacent to an activating group) is 1. The van der Waals surface area contributed by atoms with Gasteiger partial charge >= 0.3 is 0 Å². The number of nitrogens with one attached hydrogen (secondary N) is 2. The van der Waals surface area contributed by atoms with Crippen molar-refractivity contribution in [1.82, 2.24) is 4.90 Å². The van der Waals surface area contributed by atoms with Crippen molar-refractivity contribution in [1.29, 1.82) is 0 Å². The smallest absolute Gasteiger partial charge is 0.248 e. The lowest BCUT2D eigenvalue weighted by atomic mass is 9.88. The number of nitrogens with zero attached hydrogens (tertiary/aromatic N) is 1. The third kappa shape index (κ3) is 5.71. The Bertz CT molecular complexity index is 1200. The zero-order valence-corrected chi connectivity index (χ0v) is 19.5. The van der Waals surface area contributed by atoms with Gasteiger partial charge in [0.2, 0.25) is 11.8 Å². The lowest BCUT2D eigenvalue weighted by Gasteiger charge is -2.19. The Morgan fingerprint density at radius 1 is 0.971 bits per heavy atom. The van der Waals surface area contributed by atoms with Crippen LogP contribution in [0, 0.1) is 12.8 Å². The van der Waals surface area contributed by atoms with E-state index in [4.69, 9.17) is 5.73 Å². The molecular weight excluding hydrogens is 424 g/mol. The predicted molar refractivity (Wildman–Crippen MR) is 138 cm³/mol. The molecule has 174 valence electrons. The molecule has 0 saturated carbocycles. The van der Waals surface area contributed by atoms with Gasteiger partial charge < -0.3 is 21.3 Å². The Labute approximate surface area is 200 Å². The maximum atomic E-state index is 13.1. The van der Waals surface area contributed by atoms with Crippen LogP contribution in [-0.2, 0) is 9.59 Å². The van der Waals surface area contributed by atoms with E-state index in [1.165, 1.54) is 6.08 Å². The number of hydrogen-bond donors (Lipinski definition) is 3. The zero-order valence-electron chi connectivity index (χ0n) is 19.5. The molecule has 4 rings (SSSR count). The lowest BCUT2D eigenvalue weighted by Crippen LogP contribution is -2.28. The van der Waals surface area contributed by atoms with Crippen LogP contribution < -0.4 is 16.4 Å². The number of benzene rings is 3. The van der Waals surface area contributed by atoms with Crippen LogP contribution in [0.5, 0.6) is 0 Å². The molecule has 4 N–H and O–H groups in total. The second kappa shape index (κ2) is 10.4. The first-order valence-electron chi connectivity index (χ1n) is 11.4. The number of carbonyl (C=O) groups excluding carboxylic acids is 2. The standard InChI is InChI=1S/C28H30N4O2/c1-19-6-5-7-22(16-19)30-28(34)24-18-32(2)17-23(24)21-13-10-20(11-14-21)12-15-27(33)31-26-9-4-3-8-25(26)29/h3-16,23-24H,17-18,29H2,1-2H3,(H,30,34)(H,31,33). The molecule has 0 spiro atoms. The molecule has 0 aliphatic carbocycles. The molecule has 0 radical (unpaired) electrons. The minimum absolute atomic E-state index is 0.0424. The fourth-order valence-corrected chi connectivity index (χ4v) is 4.37. The Morgan fingerprint density at radius 2 is 1.74 bits per heavy atom. The Balaban J connectivity index is 1.41. The van der Waals surface area contributed by atoms with E-state index in [-0.39, 0.29) is 23.7 Å². The first-order chi connectivity index (χ1) is 16.4. The number of nitrogen functional groups attached to an aromatic ring is 1. The number of nitrogens with two attached hydrogens (primary N) is 1. The Kier molecular flexibility index (Phi) is 7.09. The molecule has 34 heavy (non-hydrogen) atoms. The summed E-state index contributed by atoms with van der Waals surface area (Å²) >= 11 is 0. The summed E-state index contributed by atoms with van der Waals surface area (Å²) in [6.45, 7) is 3.55. The van der Waals surface area contributed by atoms with Crippen LogP contribution in [0.4, 0.5) is 17.1 Å². The number of likely N-dealkylation sites (tertiary alicyclic amines) is 1. The summed E-state index contributed by atoms with van der Waals surface area (Å²) < 4.78 is 0. The van der Waals surface area contributed by atoms with E-state index in [0.717, 1.165) is 28.9 Å². The van der Waals surface area contributed by atoms with Crippen molar-refractivity contribution >= 4 is 35.0 Å². The number of amides is 2. The monoisotopic (exact) mass is 454 g/mol. The van der Waals surface area contributed by atoms with E-state index < -0.39 is 0 Å². The highest BCUT2D eigenvalue weighted by Gasteiger charge is 2.37. The van der Waals surface area contributed by atoms with Gasteiger partial charge in [0.1, 0.15) is 0 Å². The van der Waals surface area contributed by atoms with Crippen LogP contribution in [-0.4, -0.2) is 36.9 Å². The quantitative estimate of drug-likeness (QED) is 0.378. The molecular formula is C28H30N4O2. The van der Waals surface area contributed by atoms with Gasteiger partial charge in [-0.25, -0.2) is 0 Å². The first kappa shape index (κ1) is 23.3. The molecule has 1 aliphatic rings. The summed E-state index contributed by atoms with van der Waals surface area (Å²) in [7, 11) is 2.04. The van der Waals surface area contributed by atoms with Crippen LogP contribution in [0.25, 0.3) is 6.08 Å². The number of hydrogen-bond acceptors (Lipinski definition) is 4. The minimum atomic E-state index is -0.243. The summed E-state index contributed by atoms with van der Waals surface area (Å²) in [5.74, 6) is -0.223. The molecule has 2 amide bonds. The van der Waals surface area contributed by atoms with Crippen LogP contribution in [0.15, 0.2) is 78.9 Å². The topological polar surface area (TPSA) is 87.5 Å².